The number of hydrogen-bond acceptors (Lipinski definition) is 2. The Bertz CT molecular complexity index is 502. The van der Waals surface area contributed by atoms with Crippen LogP contribution in [0.15, 0.2) is 24.3 Å². The van der Waals surface area contributed by atoms with Crippen LogP contribution in [-0.4, -0.2) is 31.1 Å². The van der Waals surface area contributed by atoms with Crippen LogP contribution in [0.4, 0.5) is 4.39 Å². The molecule has 0 bridgehead atoms. The number of nitrogens with zero attached hydrogens (tertiary/aromatic N) is 1. The van der Waals surface area contributed by atoms with Crippen LogP contribution in [0.1, 0.15) is 30.5 Å². The molecule has 2 rings (SSSR count). The molecule has 0 radical (unpaired) electrons. The first kappa shape index (κ1) is 21.7. The van der Waals surface area contributed by atoms with E-state index in [1.807, 2.05) is 6.92 Å². The SMILES string of the molecule is C=C(C)C[C@H](c1c(Cl)ccc(C)c1F)N1CCNCC1.Cl.Cl. The van der Waals surface area contributed by atoms with Crippen molar-refractivity contribution >= 4 is 36.4 Å². The van der Waals surface area contributed by atoms with Gasteiger partial charge in [0.25, 0.3) is 0 Å². The molecule has 0 spiro atoms. The molecule has 1 fully saturated rings. The van der Waals surface area contributed by atoms with Crippen molar-refractivity contribution < 1.29 is 4.39 Å². The number of hydrogen-bond donors (Lipinski definition) is 1. The standard InChI is InChI=1S/C16H22ClFN2.2ClH/c1-11(2)10-14(20-8-6-19-7-9-20)15-13(17)5-4-12(3)16(15)18;;/h4-5,14,19H,1,6-10H2,2-3H3;2*1H/t14-;;/m1../s1. The van der Waals surface area contributed by atoms with Gasteiger partial charge in [0.15, 0.2) is 0 Å². The Morgan fingerprint density at radius 3 is 2.50 bits per heavy atom. The number of piperazine rings is 1. The molecular formula is C16H24Cl3FN2. The molecule has 0 unspecified atom stereocenters. The van der Waals surface area contributed by atoms with E-state index in [-0.39, 0.29) is 36.7 Å². The van der Waals surface area contributed by atoms with Crippen LogP contribution in [0, 0.1) is 12.7 Å². The highest BCUT2D eigenvalue weighted by molar-refractivity contribution is 6.31. The molecule has 1 aliphatic heterocycles. The zero-order valence-electron chi connectivity index (χ0n) is 13.0. The van der Waals surface area contributed by atoms with E-state index < -0.39 is 0 Å². The Kier molecular flexibility index (Phi) is 9.60. The zero-order chi connectivity index (χ0) is 14.7. The van der Waals surface area contributed by atoms with Crippen molar-refractivity contribution in [1.29, 1.82) is 0 Å². The molecule has 0 saturated carbocycles. The molecule has 1 atom stereocenters. The highest BCUT2D eigenvalue weighted by Gasteiger charge is 2.27. The lowest BCUT2D eigenvalue weighted by Gasteiger charge is -2.36. The molecule has 0 aromatic heterocycles. The molecule has 2 nitrogen and oxygen atoms in total. The fourth-order valence-electron chi connectivity index (χ4n) is 2.72. The van der Waals surface area contributed by atoms with E-state index >= 15 is 0 Å². The molecule has 0 amide bonds. The lowest BCUT2D eigenvalue weighted by atomic mass is 9.95. The maximum atomic E-state index is 14.6. The largest absolute Gasteiger partial charge is 0.314 e. The lowest BCUT2D eigenvalue weighted by molar-refractivity contribution is 0.169. The minimum absolute atomic E-state index is 0. The third kappa shape index (κ3) is 5.10. The van der Waals surface area contributed by atoms with Gasteiger partial charge in [-0.15, -0.1) is 31.4 Å². The molecule has 1 aromatic rings. The van der Waals surface area contributed by atoms with Crippen molar-refractivity contribution in [1.82, 2.24) is 10.2 Å². The summed E-state index contributed by atoms with van der Waals surface area (Å²) < 4.78 is 14.6. The van der Waals surface area contributed by atoms with Crippen molar-refractivity contribution in [2.24, 2.45) is 0 Å². The fourth-order valence-corrected chi connectivity index (χ4v) is 2.99. The van der Waals surface area contributed by atoms with Crippen molar-refractivity contribution in [3.8, 4) is 0 Å². The van der Waals surface area contributed by atoms with Crippen LogP contribution in [-0.2, 0) is 0 Å². The van der Waals surface area contributed by atoms with Gasteiger partial charge in [-0.3, -0.25) is 4.90 Å². The van der Waals surface area contributed by atoms with Crippen LogP contribution >= 0.6 is 36.4 Å². The quantitative estimate of drug-likeness (QED) is 0.784. The Morgan fingerprint density at radius 2 is 1.95 bits per heavy atom. The van der Waals surface area contributed by atoms with Gasteiger partial charge in [-0.2, -0.15) is 0 Å². The Hall–Kier alpha value is -0.320. The first-order valence-corrected chi connectivity index (χ1v) is 7.42. The predicted octanol–water partition coefficient (Wildman–Crippen LogP) is 4.54. The molecule has 1 heterocycles. The van der Waals surface area contributed by atoms with Gasteiger partial charge >= 0.3 is 0 Å². The van der Waals surface area contributed by atoms with Gasteiger partial charge in [-0.05, 0) is 31.9 Å². The molecule has 1 N–H and O–H groups in total. The highest BCUT2D eigenvalue weighted by atomic mass is 35.5. The smallest absolute Gasteiger partial charge is 0.132 e. The molecule has 6 heteroatoms. The third-order valence-corrected chi connectivity index (χ3v) is 4.12. The first-order valence-electron chi connectivity index (χ1n) is 7.04. The second-order valence-electron chi connectivity index (χ2n) is 5.55. The minimum atomic E-state index is -0.178. The second kappa shape index (κ2) is 9.74. The van der Waals surface area contributed by atoms with Crippen LogP contribution < -0.4 is 5.32 Å². The summed E-state index contributed by atoms with van der Waals surface area (Å²) in [5, 5.41) is 3.84. The summed E-state index contributed by atoms with van der Waals surface area (Å²) in [5.41, 5.74) is 2.31. The Labute approximate surface area is 149 Å². The first-order chi connectivity index (χ1) is 9.50. The van der Waals surface area contributed by atoms with Crippen molar-refractivity contribution in [3.05, 3.63) is 46.3 Å². The third-order valence-electron chi connectivity index (χ3n) is 3.79. The molecule has 0 aliphatic carbocycles. The molecule has 126 valence electrons. The van der Waals surface area contributed by atoms with Gasteiger partial charge in [0, 0.05) is 42.8 Å². The zero-order valence-corrected chi connectivity index (χ0v) is 15.4. The maximum absolute atomic E-state index is 14.6. The van der Waals surface area contributed by atoms with Gasteiger partial charge in [0.05, 0.1) is 0 Å². The maximum Gasteiger partial charge on any atom is 0.132 e. The Morgan fingerprint density at radius 1 is 1.36 bits per heavy atom. The van der Waals surface area contributed by atoms with Gasteiger partial charge in [-0.25, -0.2) is 4.39 Å². The molecule has 1 saturated heterocycles. The molecular weight excluding hydrogens is 346 g/mol. The predicted molar refractivity (Wildman–Crippen MR) is 97.3 cm³/mol. The van der Waals surface area contributed by atoms with Gasteiger partial charge < -0.3 is 5.32 Å². The monoisotopic (exact) mass is 368 g/mol. The lowest BCUT2D eigenvalue weighted by Crippen LogP contribution is -2.45. The molecule has 1 aliphatic rings. The number of halogens is 4. The summed E-state index contributed by atoms with van der Waals surface area (Å²) in [4.78, 5) is 2.30. The Balaban J connectivity index is 0.00000220. The van der Waals surface area contributed by atoms with E-state index in [1.54, 1.807) is 19.1 Å². The normalized spacial score (nSPS) is 16.4. The van der Waals surface area contributed by atoms with Crippen molar-refractivity contribution in [2.75, 3.05) is 26.2 Å². The van der Waals surface area contributed by atoms with Crippen molar-refractivity contribution in [2.45, 2.75) is 26.3 Å². The van der Waals surface area contributed by atoms with Gasteiger partial charge in [0.1, 0.15) is 5.82 Å². The summed E-state index contributed by atoms with van der Waals surface area (Å²) in [6, 6.07) is 3.50. The van der Waals surface area contributed by atoms with E-state index in [9.17, 15) is 4.39 Å². The summed E-state index contributed by atoms with van der Waals surface area (Å²) in [7, 11) is 0. The van der Waals surface area contributed by atoms with Crippen molar-refractivity contribution in [3.63, 3.8) is 0 Å². The average Bonchev–Trinajstić information content (AvgIpc) is 2.43. The van der Waals surface area contributed by atoms with E-state index in [2.05, 4.69) is 16.8 Å². The second-order valence-corrected chi connectivity index (χ2v) is 5.96. The van der Waals surface area contributed by atoms with E-state index in [1.165, 1.54) is 0 Å². The molecule has 22 heavy (non-hydrogen) atoms. The van der Waals surface area contributed by atoms with E-state index in [0.717, 1.165) is 38.2 Å². The van der Waals surface area contributed by atoms with Crippen LogP contribution in [0.5, 0.6) is 0 Å². The number of aryl methyl sites for hydroxylation is 1. The van der Waals surface area contributed by atoms with E-state index in [0.29, 0.717) is 16.1 Å². The van der Waals surface area contributed by atoms with Gasteiger partial charge in [0.2, 0.25) is 0 Å². The van der Waals surface area contributed by atoms with Crippen LogP contribution in [0.3, 0.4) is 0 Å². The average molecular weight is 370 g/mol. The number of rotatable bonds is 4. The summed E-state index contributed by atoms with van der Waals surface area (Å²) in [5.74, 6) is -0.178. The topological polar surface area (TPSA) is 15.3 Å². The fraction of sp³-hybridized carbons (Fsp3) is 0.500. The summed E-state index contributed by atoms with van der Waals surface area (Å²) >= 11 is 6.29. The number of benzene rings is 1. The van der Waals surface area contributed by atoms with Crippen LogP contribution in [0.25, 0.3) is 0 Å². The highest BCUT2D eigenvalue weighted by Crippen LogP contribution is 2.35. The van der Waals surface area contributed by atoms with E-state index in [4.69, 9.17) is 11.6 Å². The summed E-state index contributed by atoms with van der Waals surface area (Å²) in [6.07, 6.45) is 0.736. The summed E-state index contributed by atoms with van der Waals surface area (Å²) in [6.45, 7) is 11.4. The van der Waals surface area contributed by atoms with Gasteiger partial charge in [-0.1, -0.05) is 23.2 Å². The minimum Gasteiger partial charge on any atom is -0.314 e. The number of nitrogens with one attached hydrogen (secondary N) is 1. The van der Waals surface area contributed by atoms with Crippen LogP contribution in [0.2, 0.25) is 5.02 Å². The molecule has 1 aromatic carbocycles.